The van der Waals surface area contributed by atoms with E-state index in [1.165, 1.54) is 60.8 Å². The summed E-state index contributed by atoms with van der Waals surface area (Å²) in [6, 6.07) is 49.2. The van der Waals surface area contributed by atoms with Crippen LogP contribution in [0.5, 0.6) is 40.2 Å². The summed E-state index contributed by atoms with van der Waals surface area (Å²) in [6.45, 7) is 6.36. The van der Waals surface area contributed by atoms with E-state index in [0.29, 0.717) is 50.8 Å². The molecule has 0 atom stereocenters. The normalized spacial score (nSPS) is 11.5. The van der Waals surface area contributed by atoms with Crippen molar-refractivity contribution >= 4 is 30.7 Å². The van der Waals surface area contributed by atoms with Crippen LogP contribution in [0, 0.1) is 6.07 Å². The zero-order chi connectivity index (χ0) is 48.3. The Kier molecular flexibility index (Phi) is 16.6. The van der Waals surface area contributed by atoms with Crippen molar-refractivity contribution in [3.05, 3.63) is 199 Å². The van der Waals surface area contributed by atoms with Gasteiger partial charge in [-0.2, -0.15) is 6.07 Å². The molecule has 6 aromatic carbocycles. The molecule has 0 aliphatic carbocycles. The van der Waals surface area contributed by atoms with Gasteiger partial charge < -0.3 is 23.5 Å². The molecule has 3 aromatic heterocycles. The van der Waals surface area contributed by atoms with E-state index >= 15 is 0 Å². The topological polar surface area (TPSA) is 167 Å². The first-order chi connectivity index (χ1) is 33.2. The Morgan fingerprint density at radius 1 is 0.563 bits per heavy atom. The van der Waals surface area contributed by atoms with Gasteiger partial charge in [-0.1, -0.05) is 57.2 Å². The van der Waals surface area contributed by atoms with Gasteiger partial charge in [-0.3, -0.25) is 9.97 Å². The van der Waals surface area contributed by atoms with Crippen LogP contribution in [0.1, 0.15) is 37.5 Å². The van der Waals surface area contributed by atoms with Gasteiger partial charge in [0.05, 0.1) is 44.6 Å². The van der Waals surface area contributed by atoms with E-state index in [9.17, 15) is 21.4 Å². The third-order valence-corrected chi connectivity index (χ3v) is 14.3. The summed E-state index contributed by atoms with van der Waals surface area (Å²) in [7, 11) is -7.25. The van der Waals surface area contributed by atoms with E-state index in [1.54, 1.807) is 49.7 Å². The van der Waals surface area contributed by atoms with Gasteiger partial charge >= 0.3 is 59.1 Å². The summed E-state index contributed by atoms with van der Waals surface area (Å²) in [5.74, 6) is 2.45. The van der Waals surface area contributed by atoms with Gasteiger partial charge in [0, 0.05) is 29.6 Å². The van der Waals surface area contributed by atoms with Crippen molar-refractivity contribution in [1.29, 1.82) is 0 Å². The third-order valence-electron chi connectivity index (χ3n) is 11.7. The van der Waals surface area contributed by atoms with E-state index in [2.05, 4.69) is 48.9 Å². The van der Waals surface area contributed by atoms with Crippen molar-refractivity contribution in [1.82, 2.24) is 15.0 Å². The number of sulfone groups is 1. The van der Waals surface area contributed by atoms with Gasteiger partial charge in [0.15, 0.2) is 0 Å². The third kappa shape index (κ3) is 12.1. The number of aromatic nitrogens is 3. The molecule has 3 heterocycles. The quantitative estimate of drug-likeness (QED) is 0.0652. The minimum Gasteiger partial charge on any atom is -0.744 e. The van der Waals surface area contributed by atoms with Crippen LogP contribution in [-0.4, -0.2) is 43.5 Å². The van der Waals surface area contributed by atoms with Crippen LogP contribution in [0.3, 0.4) is 0 Å². The molecule has 16 heteroatoms. The molecule has 0 spiro atoms. The van der Waals surface area contributed by atoms with Crippen molar-refractivity contribution in [3.63, 3.8) is 0 Å². The van der Waals surface area contributed by atoms with Gasteiger partial charge in [-0.05, 0) is 132 Å². The van der Waals surface area contributed by atoms with Crippen molar-refractivity contribution in [2.75, 3.05) is 7.11 Å². The first-order valence-corrected chi connectivity index (χ1v) is 24.6. The summed E-state index contributed by atoms with van der Waals surface area (Å²) in [5, 5.41) is 0.871. The second kappa shape index (κ2) is 22.2. The molecule has 0 saturated heterocycles. The Balaban J connectivity index is 0.00000371. The fraction of sp³-hybridized carbons (Fsp3) is 0.109. The maximum atomic E-state index is 13.7. The van der Waals surface area contributed by atoms with E-state index in [0.717, 1.165) is 28.9 Å². The molecule has 12 nitrogen and oxygen atoms in total. The number of pyridine rings is 3. The second-order valence-electron chi connectivity index (χ2n) is 16.5. The van der Waals surface area contributed by atoms with Crippen LogP contribution in [0.2, 0.25) is 0 Å². The fourth-order valence-corrected chi connectivity index (χ4v) is 9.57. The maximum Gasteiger partial charge on any atom is 1.00 e. The monoisotopic (exact) mass is 999 g/mol. The molecule has 0 aliphatic rings. The zero-order valence-electron chi connectivity index (χ0n) is 39.8. The summed E-state index contributed by atoms with van der Waals surface area (Å²) in [4.78, 5) is 13.3. The summed E-state index contributed by atoms with van der Waals surface area (Å²) in [5.41, 5.74) is 5.45. The molecule has 0 aliphatic heterocycles. The van der Waals surface area contributed by atoms with E-state index in [4.69, 9.17) is 23.9 Å². The molecule has 71 heavy (non-hydrogen) atoms. The van der Waals surface area contributed by atoms with Crippen molar-refractivity contribution in [2.24, 2.45) is 0 Å². The van der Waals surface area contributed by atoms with Gasteiger partial charge in [-0.25, -0.2) is 21.8 Å². The first-order valence-electron chi connectivity index (χ1n) is 21.7. The van der Waals surface area contributed by atoms with Crippen molar-refractivity contribution < 1.29 is 99.5 Å². The minimum absolute atomic E-state index is 0. The van der Waals surface area contributed by atoms with Gasteiger partial charge in [-0.15, -0.1) is 22.9 Å². The molecule has 9 rings (SSSR count). The van der Waals surface area contributed by atoms with E-state index in [-0.39, 0.29) is 91.6 Å². The summed E-state index contributed by atoms with van der Waals surface area (Å²) in [6.07, 6.45) is 4.09. The number of methoxy groups -OCH3 is 1. The number of aryl methyl sites for hydroxylation is 1. The average Bonchev–Trinajstić information content (AvgIpc) is 3.36. The molecular formula is C55H43N3Na2O9S2. The molecule has 346 valence electrons. The number of ether oxygens (including phenoxy) is 4. The van der Waals surface area contributed by atoms with E-state index in [1.807, 2.05) is 60.7 Å². The predicted molar refractivity (Wildman–Crippen MR) is 261 cm³/mol. The maximum absolute atomic E-state index is 13.7. The summed E-state index contributed by atoms with van der Waals surface area (Å²) < 4.78 is 88.3. The molecule has 0 bridgehead atoms. The van der Waals surface area contributed by atoms with Gasteiger partial charge in [0.2, 0.25) is 9.84 Å². The number of hydrogen-bond acceptors (Lipinski definition) is 12. The van der Waals surface area contributed by atoms with Crippen LogP contribution >= 0.6 is 0 Å². The largest absolute Gasteiger partial charge is 1.00 e. The number of rotatable bonds is 15. The SMILES string of the molecule is CCc1ccnc(-c2cccc(-c3cc(Oc4cc5cc(Oc6ccc(S(=O)(=O)c7ccc(Oc8ccc(C(C)(C)c9ccc(OC)cc9)cc8)cc7)cc6)[c-]cc5cc4S(=O)(=O)[O-])ccn3)n2)c1.[Na+].[Na+]. The molecule has 9 aromatic rings. The van der Waals surface area contributed by atoms with Crippen molar-refractivity contribution in [2.45, 2.75) is 47.3 Å². The molecule has 0 radical (unpaired) electrons. The van der Waals surface area contributed by atoms with Crippen LogP contribution < -0.4 is 78.1 Å². The van der Waals surface area contributed by atoms with Crippen molar-refractivity contribution in [3.8, 4) is 63.0 Å². The molecule has 0 N–H and O–H groups in total. The Morgan fingerprint density at radius 2 is 1.10 bits per heavy atom. The van der Waals surface area contributed by atoms with Crippen LogP contribution in [0.4, 0.5) is 0 Å². The number of nitrogens with zero attached hydrogens (tertiary/aromatic N) is 3. The fourth-order valence-electron chi connectivity index (χ4n) is 7.69. The average molecular weight is 1000 g/mol. The standard InChI is InChI=1S/C55H44N3O9S2.2Na/c1-5-36-27-29-56-51(31-36)49-7-6-8-50(58-49)52-35-46(28-30-57-52)67-53-33-38-32-45(14-9-37(38)34-54(53)69(61,62)63)66-44-21-25-48(26-22-44)68(59,60)47-23-19-43(20-24-47)65-42-17-12-40(13-18-42)55(2,3)39-10-15-41(64-4)16-11-39;;/h6-13,15-35H,5H2,1-4H3,(H,61,62,63);;/q-1;2*+1/p-1. The van der Waals surface area contributed by atoms with Crippen LogP contribution in [0.15, 0.2) is 191 Å². The molecule has 0 saturated carbocycles. The Bertz CT molecular complexity index is 3560. The Labute approximate surface area is 457 Å². The van der Waals surface area contributed by atoms with Gasteiger partial charge in [0.25, 0.3) is 0 Å². The molecule has 0 amide bonds. The molecule has 0 fully saturated rings. The Morgan fingerprint density at radius 3 is 1.66 bits per heavy atom. The summed E-state index contributed by atoms with van der Waals surface area (Å²) >= 11 is 0. The number of benzene rings is 6. The number of fused-ring (bicyclic) bond motifs is 1. The molecular weight excluding hydrogens is 957 g/mol. The van der Waals surface area contributed by atoms with Gasteiger partial charge in [0.1, 0.15) is 44.6 Å². The minimum atomic E-state index is -4.99. The zero-order valence-corrected chi connectivity index (χ0v) is 45.4. The van der Waals surface area contributed by atoms with E-state index < -0.39 is 24.9 Å². The van der Waals surface area contributed by atoms with Crippen LogP contribution in [0.25, 0.3) is 33.5 Å². The smallest absolute Gasteiger partial charge is 0.744 e. The number of hydrogen-bond donors (Lipinski definition) is 0. The predicted octanol–water partition coefficient (Wildman–Crippen LogP) is 6.18. The first kappa shape index (κ1) is 52.9. The molecule has 0 unspecified atom stereocenters. The van der Waals surface area contributed by atoms with Crippen LogP contribution in [-0.2, 0) is 31.8 Å². The second-order valence-corrected chi connectivity index (χ2v) is 19.8. The Hall–Kier alpha value is -5.91.